The number of nitrogens with zero attached hydrogens (tertiary/aromatic N) is 2. The first-order valence-corrected chi connectivity index (χ1v) is 10.6. The molecule has 4 aromatic rings. The number of anilines is 1. The van der Waals surface area contributed by atoms with Crippen LogP contribution in [0.1, 0.15) is 28.1 Å². The van der Waals surface area contributed by atoms with Gasteiger partial charge in [0.25, 0.3) is 5.91 Å². The van der Waals surface area contributed by atoms with Gasteiger partial charge in [0, 0.05) is 22.8 Å². The Hall–Kier alpha value is -4.10. The number of carbonyl (C=O) groups excluding carboxylic acids is 1. The minimum atomic E-state index is -0.417. The average molecular weight is 420 g/mol. The second-order valence-electron chi connectivity index (χ2n) is 8.07. The first kappa shape index (κ1) is 21.1. The Morgan fingerprint density at radius 3 is 2.44 bits per heavy atom. The number of rotatable bonds is 4. The molecule has 0 aliphatic heterocycles. The number of aromatic nitrogens is 1. The molecular weight excluding hydrogens is 394 g/mol. The van der Waals surface area contributed by atoms with Crippen LogP contribution in [0.15, 0.2) is 72.3 Å². The lowest BCUT2D eigenvalue weighted by Crippen LogP contribution is -2.13. The van der Waals surface area contributed by atoms with E-state index in [2.05, 4.69) is 41.9 Å². The average Bonchev–Trinajstić information content (AvgIpc) is 3.06. The molecule has 0 aliphatic carbocycles. The van der Waals surface area contributed by atoms with Gasteiger partial charge in [0.1, 0.15) is 11.6 Å². The fraction of sp³-hybridized carbons (Fsp3) is 0.143. The van der Waals surface area contributed by atoms with E-state index < -0.39 is 5.91 Å². The second kappa shape index (κ2) is 8.56. The highest BCUT2D eigenvalue weighted by Crippen LogP contribution is 2.26. The largest absolute Gasteiger partial charge is 0.321 e. The number of aryl methyl sites for hydroxylation is 2. The van der Waals surface area contributed by atoms with Crippen LogP contribution in [0.3, 0.4) is 0 Å². The maximum Gasteiger partial charge on any atom is 0.266 e. The summed E-state index contributed by atoms with van der Waals surface area (Å²) < 4.78 is 2.17. The van der Waals surface area contributed by atoms with Crippen LogP contribution >= 0.6 is 0 Å². The van der Waals surface area contributed by atoms with Gasteiger partial charge in [0.2, 0.25) is 0 Å². The molecule has 0 spiro atoms. The SMILES string of the molecule is Cc1cccc(-n2c(C)cc(/C=C(/C#N)C(=O)Nc3ccc4ccccc4c3)c2C)c1C. The molecule has 1 amide bonds. The minimum absolute atomic E-state index is 0.0689. The van der Waals surface area contributed by atoms with Crippen LogP contribution in [0, 0.1) is 39.0 Å². The van der Waals surface area contributed by atoms with Crippen LogP contribution in [0.2, 0.25) is 0 Å². The van der Waals surface area contributed by atoms with E-state index in [1.165, 1.54) is 11.1 Å². The summed E-state index contributed by atoms with van der Waals surface area (Å²) in [7, 11) is 0. The minimum Gasteiger partial charge on any atom is -0.321 e. The molecule has 4 nitrogen and oxygen atoms in total. The van der Waals surface area contributed by atoms with Crippen molar-refractivity contribution in [2.75, 3.05) is 5.32 Å². The summed E-state index contributed by atoms with van der Waals surface area (Å²) in [6.45, 7) is 8.25. The van der Waals surface area contributed by atoms with Gasteiger partial charge in [0.05, 0.1) is 0 Å². The molecule has 0 fully saturated rings. The van der Waals surface area contributed by atoms with E-state index >= 15 is 0 Å². The molecule has 0 radical (unpaired) electrons. The zero-order valence-corrected chi connectivity index (χ0v) is 18.7. The van der Waals surface area contributed by atoms with Gasteiger partial charge in [-0.15, -0.1) is 0 Å². The standard InChI is InChI=1S/C28H25N3O/c1-18-8-7-11-27(20(18)3)31-19(2)14-24(21(31)4)15-25(17-29)28(32)30-26-13-12-22-9-5-6-10-23(22)16-26/h5-16H,1-4H3,(H,30,32)/b25-15-. The highest BCUT2D eigenvalue weighted by Gasteiger charge is 2.15. The smallest absolute Gasteiger partial charge is 0.266 e. The van der Waals surface area contributed by atoms with Gasteiger partial charge in [-0.1, -0.05) is 42.5 Å². The normalized spacial score (nSPS) is 11.4. The van der Waals surface area contributed by atoms with E-state index in [0.29, 0.717) is 5.69 Å². The molecular formula is C28H25N3O. The van der Waals surface area contributed by atoms with Crippen LogP contribution in [0.5, 0.6) is 0 Å². The van der Waals surface area contributed by atoms with Gasteiger partial charge in [-0.25, -0.2) is 0 Å². The lowest BCUT2D eigenvalue weighted by molar-refractivity contribution is -0.112. The number of fused-ring (bicyclic) bond motifs is 1. The number of carbonyl (C=O) groups is 1. The van der Waals surface area contributed by atoms with E-state index in [1.807, 2.05) is 68.4 Å². The molecule has 0 saturated carbocycles. The fourth-order valence-corrected chi connectivity index (χ4v) is 4.05. The maximum atomic E-state index is 12.8. The van der Waals surface area contributed by atoms with E-state index in [-0.39, 0.29) is 5.57 Å². The predicted octanol–water partition coefficient (Wildman–Crippen LogP) is 6.41. The number of nitriles is 1. The first-order chi connectivity index (χ1) is 15.4. The van der Waals surface area contributed by atoms with E-state index in [9.17, 15) is 10.1 Å². The van der Waals surface area contributed by atoms with Crippen LogP contribution in [-0.2, 0) is 4.79 Å². The van der Waals surface area contributed by atoms with Gasteiger partial charge in [-0.2, -0.15) is 5.26 Å². The predicted molar refractivity (Wildman–Crippen MR) is 131 cm³/mol. The fourth-order valence-electron chi connectivity index (χ4n) is 4.05. The van der Waals surface area contributed by atoms with Gasteiger partial charge in [-0.05, 0) is 85.5 Å². The number of hydrogen-bond donors (Lipinski definition) is 1. The summed E-state index contributed by atoms with van der Waals surface area (Å²) in [5.74, 6) is -0.417. The van der Waals surface area contributed by atoms with E-state index in [1.54, 1.807) is 6.08 Å². The number of benzene rings is 3. The molecule has 0 atom stereocenters. The van der Waals surface area contributed by atoms with Crippen molar-refractivity contribution in [1.29, 1.82) is 5.26 Å². The molecule has 0 unspecified atom stereocenters. The molecule has 3 aromatic carbocycles. The highest BCUT2D eigenvalue weighted by molar-refractivity contribution is 6.10. The lowest BCUT2D eigenvalue weighted by Gasteiger charge is -2.14. The second-order valence-corrected chi connectivity index (χ2v) is 8.07. The zero-order chi connectivity index (χ0) is 22.8. The van der Waals surface area contributed by atoms with Crippen molar-refractivity contribution >= 4 is 28.4 Å². The lowest BCUT2D eigenvalue weighted by atomic mass is 10.1. The van der Waals surface area contributed by atoms with Gasteiger partial charge < -0.3 is 9.88 Å². The van der Waals surface area contributed by atoms with Crippen LogP contribution in [0.25, 0.3) is 22.5 Å². The molecule has 1 heterocycles. The maximum absolute atomic E-state index is 12.8. The molecule has 32 heavy (non-hydrogen) atoms. The summed E-state index contributed by atoms with van der Waals surface area (Å²) >= 11 is 0. The topological polar surface area (TPSA) is 57.8 Å². The summed E-state index contributed by atoms with van der Waals surface area (Å²) in [6, 6.07) is 24.0. The summed E-state index contributed by atoms with van der Waals surface area (Å²) in [4.78, 5) is 12.8. The van der Waals surface area contributed by atoms with Crippen molar-refractivity contribution < 1.29 is 4.79 Å². The molecule has 158 valence electrons. The Morgan fingerprint density at radius 1 is 0.938 bits per heavy atom. The van der Waals surface area contributed by atoms with Crippen LogP contribution < -0.4 is 5.32 Å². The van der Waals surface area contributed by atoms with E-state index in [0.717, 1.165) is 33.4 Å². The highest BCUT2D eigenvalue weighted by atomic mass is 16.1. The van der Waals surface area contributed by atoms with Crippen molar-refractivity contribution in [2.45, 2.75) is 27.7 Å². The molecule has 1 N–H and O–H groups in total. The van der Waals surface area contributed by atoms with Crippen molar-refractivity contribution in [3.63, 3.8) is 0 Å². The number of nitrogens with one attached hydrogen (secondary N) is 1. The first-order valence-electron chi connectivity index (χ1n) is 10.6. The Balaban J connectivity index is 1.66. The Bertz CT molecular complexity index is 1420. The summed E-state index contributed by atoms with van der Waals surface area (Å²) in [5.41, 5.74) is 7.17. The van der Waals surface area contributed by atoms with Crippen molar-refractivity contribution in [2.24, 2.45) is 0 Å². The number of hydrogen-bond acceptors (Lipinski definition) is 2. The Labute approximate surface area is 188 Å². The quantitative estimate of drug-likeness (QED) is 0.307. The Kier molecular flexibility index (Phi) is 5.66. The molecule has 1 aromatic heterocycles. The van der Waals surface area contributed by atoms with Gasteiger partial charge in [-0.3, -0.25) is 4.79 Å². The third kappa shape index (κ3) is 3.93. The monoisotopic (exact) mass is 419 g/mol. The van der Waals surface area contributed by atoms with Gasteiger partial charge in [0.15, 0.2) is 0 Å². The number of amides is 1. The van der Waals surface area contributed by atoms with Gasteiger partial charge >= 0.3 is 0 Å². The third-order valence-electron chi connectivity index (χ3n) is 5.96. The van der Waals surface area contributed by atoms with Crippen molar-refractivity contribution in [3.05, 3.63) is 100 Å². The summed E-state index contributed by atoms with van der Waals surface area (Å²) in [6.07, 6.45) is 1.67. The van der Waals surface area contributed by atoms with Crippen LogP contribution in [-0.4, -0.2) is 10.5 Å². The molecule has 0 aliphatic rings. The Morgan fingerprint density at radius 2 is 1.69 bits per heavy atom. The van der Waals surface area contributed by atoms with Crippen molar-refractivity contribution in [1.82, 2.24) is 4.57 Å². The molecule has 4 heteroatoms. The van der Waals surface area contributed by atoms with Crippen molar-refractivity contribution in [3.8, 4) is 11.8 Å². The third-order valence-corrected chi connectivity index (χ3v) is 5.96. The molecule has 0 saturated heterocycles. The van der Waals surface area contributed by atoms with E-state index in [4.69, 9.17) is 0 Å². The zero-order valence-electron chi connectivity index (χ0n) is 18.7. The molecule has 0 bridgehead atoms. The molecule has 4 rings (SSSR count). The summed E-state index contributed by atoms with van der Waals surface area (Å²) in [5, 5.41) is 14.7. The van der Waals surface area contributed by atoms with Crippen LogP contribution in [0.4, 0.5) is 5.69 Å².